The molecule has 3 aliphatic heterocycles. The Hall–Kier alpha value is -1.67. The van der Waals surface area contributed by atoms with E-state index in [1.165, 1.54) is 0 Å². The lowest BCUT2D eigenvalue weighted by Gasteiger charge is -2.33. The fourth-order valence-corrected chi connectivity index (χ4v) is 5.49. The molecule has 3 rings (SSSR count). The summed E-state index contributed by atoms with van der Waals surface area (Å²) in [6.45, 7) is 8.11. The summed E-state index contributed by atoms with van der Waals surface area (Å²) in [5.41, 5.74) is -1.77. The number of aliphatic hydroxyl groups excluding tert-OH is 1. The van der Waals surface area contributed by atoms with Crippen LogP contribution in [0.25, 0.3) is 0 Å². The topological polar surface area (TPSA) is 105 Å². The predicted molar refractivity (Wildman–Crippen MR) is 105 cm³/mol. The molecule has 3 aliphatic rings. The lowest BCUT2D eigenvalue weighted by molar-refractivity contribution is -0.159. The molecule has 2 amide bonds. The number of unbranched alkanes of at least 4 members (excludes halogenated alkanes) is 2. The zero-order chi connectivity index (χ0) is 21.4. The van der Waals surface area contributed by atoms with Crippen molar-refractivity contribution in [3.8, 4) is 0 Å². The van der Waals surface area contributed by atoms with E-state index in [1.807, 2.05) is 20.8 Å². The van der Waals surface area contributed by atoms with Gasteiger partial charge in [0, 0.05) is 19.2 Å². The summed E-state index contributed by atoms with van der Waals surface area (Å²) in [5.74, 6) is -2.23. The molecule has 8 nitrogen and oxygen atoms in total. The highest BCUT2D eigenvalue weighted by molar-refractivity contribution is 5.98. The Morgan fingerprint density at radius 3 is 2.66 bits per heavy atom. The minimum absolute atomic E-state index is 0.0701. The number of esters is 1. The number of amides is 2. The fraction of sp³-hybridized carbons (Fsp3) is 0.857. The fourth-order valence-electron chi connectivity index (χ4n) is 5.49. The molecule has 1 spiro atoms. The number of nitrogens with zero attached hydrogens (tertiary/aromatic N) is 1. The number of hydrogen-bond donors (Lipinski definition) is 2. The van der Waals surface area contributed by atoms with Crippen LogP contribution in [0.2, 0.25) is 0 Å². The monoisotopic (exact) mass is 410 g/mol. The van der Waals surface area contributed by atoms with Gasteiger partial charge in [0.05, 0.1) is 18.1 Å². The second-order valence-electron chi connectivity index (χ2n) is 8.96. The van der Waals surface area contributed by atoms with Crippen LogP contribution < -0.4 is 5.32 Å². The van der Waals surface area contributed by atoms with E-state index >= 15 is 0 Å². The van der Waals surface area contributed by atoms with Crippen molar-refractivity contribution in [2.75, 3.05) is 19.8 Å². The number of likely N-dealkylation sites (tertiary alicyclic amines) is 1. The van der Waals surface area contributed by atoms with E-state index < -0.39 is 35.0 Å². The molecular weight excluding hydrogens is 376 g/mol. The normalized spacial score (nSPS) is 35.3. The molecule has 0 aromatic rings. The van der Waals surface area contributed by atoms with Gasteiger partial charge in [-0.1, -0.05) is 0 Å². The molecule has 2 bridgehead atoms. The largest absolute Gasteiger partial charge is 0.466 e. The summed E-state index contributed by atoms with van der Waals surface area (Å²) in [4.78, 5) is 41.1. The van der Waals surface area contributed by atoms with Crippen LogP contribution in [0.15, 0.2) is 0 Å². The number of ether oxygens (including phenoxy) is 2. The Balaban J connectivity index is 1.95. The summed E-state index contributed by atoms with van der Waals surface area (Å²) in [6.07, 6.45) is 3.28. The van der Waals surface area contributed by atoms with Crippen LogP contribution >= 0.6 is 0 Å². The zero-order valence-electron chi connectivity index (χ0n) is 17.9. The minimum Gasteiger partial charge on any atom is -0.466 e. The van der Waals surface area contributed by atoms with Crippen LogP contribution in [0.4, 0.5) is 0 Å². The smallest absolute Gasteiger partial charge is 0.312 e. The standard InChI is InChI=1S/C21H34N2O6/c1-5-28-19(27)15-14-18(26)23(11-7-6-8-12-24)16(17(25)22-13(2)3)21(14)10-9-20(15,4)29-21/h13-16,24H,5-12H2,1-4H3,(H,22,25)/t14-,15+,16?,20-,21?/m0/s1. The van der Waals surface area contributed by atoms with Crippen molar-refractivity contribution in [3.05, 3.63) is 0 Å². The SMILES string of the molecule is CCOC(=O)[C@H]1[C@H]2C(=O)N(CCCCCO)C(C(=O)NC(C)C)C23CC[C@]1(C)O3. The first-order valence-corrected chi connectivity index (χ1v) is 10.8. The highest BCUT2D eigenvalue weighted by atomic mass is 16.6. The minimum atomic E-state index is -0.987. The van der Waals surface area contributed by atoms with Gasteiger partial charge in [-0.25, -0.2) is 0 Å². The molecule has 29 heavy (non-hydrogen) atoms. The average molecular weight is 411 g/mol. The molecule has 0 saturated carbocycles. The Labute approximate surface area is 172 Å². The molecule has 2 N–H and O–H groups in total. The van der Waals surface area contributed by atoms with Gasteiger partial charge in [-0.05, 0) is 59.8 Å². The van der Waals surface area contributed by atoms with Crippen molar-refractivity contribution in [2.45, 2.75) is 83.1 Å². The van der Waals surface area contributed by atoms with Gasteiger partial charge < -0.3 is 24.8 Å². The molecule has 3 fully saturated rings. The maximum Gasteiger partial charge on any atom is 0.312 e. The first-order chi connectivity index (χ1) is 13.7. The number of hydrogen-bond acceptors (Lipinski definition) is 6. The van der Waals surface area contributed by atoms with E-state index in [0.29, 0.717) is 32.2 Å². The van der Waals surface area contributed by atoms with Crippen molar-refractivity contribution >= 4 is 17.8 Å². The van der Waals surface area contributed by atoms with Gasteiger partial charge in [0.2, 0.25) is 11.8 Å². The van der Waals surface area contributed by atoms with Crippen molar-refractivity contribution in [3.63, 3.8) is 0 Å². The molecule has 164 valence electrons. The maximum absolute atomic E-state index is 13.5. The second kappa shape index (κ2) is 8.22. The van der Waals surface area contributed by atoms with Crippen LogP contribution in [-0.2, 0) is 23.9 Å². The summed E-state index contributed by atoms with van der Waals surface area (Å²) in [7, 11) is 0. The van der Waals surface area contributed by atoms with Gasteiger partial charge in [0.15, 0.2) is 0 Å². The molecule has 3 heterocycles. The van der Waals surface area contributed by atoms with Crippen LogP contribution in [-0.4, -0.2) is 70.8 Å². The quantitative estimate of drug-likeness (QED) is 0.434. The van der Waals surface area contributed by atoms with Gasteiger partial charge in [-0.3, -0.25) is 14.4 Å². The van der Waals surface area contributed by atoms with Crippen molar-refractivity contribution in [1.82, 2.24) is 10.2 Å². The van der Waals surface area contributed by atoms with Crippen LogP contribution in [0, 0.1) is 11.8 Å². The second-order valence-corrected chi connectivity index (χ2v) is 8.96. The molecule has 0 aliphatic carbocycles. The maximum atomic E-state index is 13.5. The summed E-state index contributed by atoms with van der Waals surface area (Å²) in [5, 5.41) is 12.0. The summed E-state index contributed by atoms with van der Waals surface area (Å²) < 4.78 is 11.7. The number of fused-ring (bicyclic) bond motifs is 1. The third-order valence-corrected chi connectivity index (χ3v) is 6.55. The van der Waals surface area contributed by atoms with Gasteiger partial charge >= 0.3 is 5.97 Å². The van der Waals surface area contributed by atoms with Crippen LogP contribution in [0.5, 0.6) is 0 Å². The van der Waals surface area contributed by atoms with E-state index in [9.17, 15) is 14.4 Å². The highest BCUT2D eigenvalue weighted by Gasteiger charge is 2.78. The Morgan fingerprint density at radius 1 is 1.31 bits per heavy atom. The van der Waals surface area contributed by atoms with Crippen LogP contribution in [0.3, 0.4) is 0 Å². The molecule has 3 saturated heterocycles. The first-order valence-electron chi connectivity index (χ1n) is 10.8. The molecule has 8 heteroatoms. The Kier molecular flexibility index (Phi) is 6.24. The Bertz CT molecular complexity index is 668. The number of aliphatic hydroxyl groups is 1. The van der Waals surface area contributed by atoms with E-state index in [-0.39, 0.29) is 31.1 Å². The number of carbonyl (C=O) groups is 3. The third-order valence-electron chi connectivity index (χ3n) is 6.55. The van der Waals surface area contributed by atoms with Crippen molar-refractivity contribution < 1.29 is 29.0 Å². The van der Waals surface area contributed by atoms with Gasteiger partial charge in [0.1, 0.15) is 17.6 Å². The molecule has 5 atom stereocenters. The molecular formula is C21H34N2O6. The van der Waals surface area contributed by atoms with Gasteiger partial charge in [0.25, 0.3) is 0 Å². The lowest BCUT2D eigenvalue weighted by Crippen LogP contribution is -2.56. The number of nitrogens with one attached hydrogen (secondary N) is 1. The highest BCUT2D eigenvalue weighted by Crippen LogP contribution is 2.63. The number of carbonyl (C=O) groups excluding carboxylic acids is 3. The predicted octanol–water partition coefficient (Wildman–Crippen LogP) is 1.00. The summed E-state index contributed by atoms with van der Waals surface area (Å²) in [6, 6.07) is -0.822. The van der Waals surface area contributed by atoms with Crippen molar-refractivity contribution in [2.24, 2.45) is 11.8 Å². The third kappa shape index (κ3) is 3.54. The average Bonchev–Trinajstić information content (AvgIpc) is 3.19. The van der Waals surface area contributed by atoms with E-state index in [1.54, 1.807) is 11.8 Å². The lowest BCUT2D eigenvalue weighted by atomic mass is 9.66. The van der Waals surface area contributed by atoms with Gasteiger partial charge in [-0.15, -0.1) is 0 Å². The van der Waals surface area contributed by atoms with E-state index in [4.69, 9.17) is 14.6 Å². The Morgan fingerprint density at radius 2 is 2.03 bits per heavy atom. The van der Waals surface area contributed by atoms with Gasteiger partial charge in [-0.2, -0.15) is 0 Å². The van der Waals surface area contributed by atoms with Crippen LogP contribution in [0.1, 0.15) is 59.8 Å². The van der Waals surface area contributed by atoms with E-state index in [2.05, 4.69) is 5.32 Å². The molecule has 0 aromatic heterocycles. The first kappa shape index (κ1) is 22.0. The number of rotatable bonds is 9. The zero-order valence-corrected chi connectivity index (χ0v) is 17.9. The molecule has 0 radical (unpaired) electrons. The van der Waals surface area contributed by atoms with Crippen molar-refractivity contribution in [1.29, 1.82) is 0 Å². The molecule has 0 aromatic carbocycles. The van der Waals surface area contributed by atoms with E-state index in [0.717, 1.165) is 6.42 Å². The summed E-state index contributed by atoms with van der Waals surface area (Å²) >= 11 is 0. The molecule has 2 unspecified atom stereocenters.